The van der Waals surface area contributed by atoms with Crippen LogP contribution >= 0.6 is 11.3 Å². The maximum absolute atomic E-state index is 11.5. The molecule has 0 bridgehead atoms. The standard InChI is InChI=1S/C11H17N3O2S2/c1-2-4-14(7-10-6-13-11(12)17-10)9-3-5-18(15,16)8-9/h2,6,9H,1,3-5,7-8H2,(H2,12,13). The maximum Gasteiger partial charge on any atom is 0.180 e. The highest BCUT2D eigenvalue weighted by molar-refractivity contribution is 7.91. The molecule has 1 aliphatic heterocycles. The molecule has 1 atom stereocenters. The van der Waals surface area contributed by atoms with Crippen LogP contribution in [0.25, 0.3) is 0 Å². The highest BCUT2D eigenvalue weighted by atomic mass is 32.2. The topological polar surface area (TPSA) is 76.3 Å². The Morgan fingerprint density at radius 3 is 2.94 bits per heavy atom. The summed E-state index contributed by atoms with van der Waals surface area (Å²) < 4.78 is 23.0. The fourth-order valence-electron chi connectivity index (χ4n) is 2.17. The van der Waals surface area contributed by atoms with Crippen LogP contribution in [0.3, 0.4) is 0 Å². The molecule has 1 saturated heterocycles. The molecule has 5 nitrogen and oxygen atoms in total. The average Bonchev–Trinajstić information content (AvgIpc) is 2.84. The predicted octanol–water partition coefficient (Wildman–Crippen LogP) is 0.900. The molecule has 2 N–H and O–H groups in total. The van der Waals surface area contributed by atoms with E-state index in [1.54, 1.807) is 12.3 Å². The van der Waals surface area contributed by atoms with Crippen LogP contribution in [0.5, 0.6) is 0 Å². The number of nitrogens with zero attached hydrogens (tertiary/aromatic N) is 2. The second-order valence-corrected chi connectivity index (χ2v) is 7.82. The zero-order valence-corrected chi connectivity index (χ0v) is 11.7. The number of nitrogen functional groups attached to an aromatic ring is 1. The minimum Gasteiger partial charge on any atom is -0.375 e. The van der Waals surface area contributed by atoms with Crippen LogP contribution in [-0.2, 0) is 16.4 Å². The van der Waals surface area contributed by atoms with Gasteiger partial charge < -0.3 is 5.73 Å². The quantitative estimate of drug-likeness (QED) is 0.814. The smallest absolute Gasteiger partial charge is 0.180 e. The Balaban J connectivity index is 2.06. The number of anilines is 1. The lowest BCUT2D eigenvalue weighted by molar-refractivity contribution is 0.228. The minimum atomic E-state index is -2.86. The molecule has 7 heteroatoms. The Morgan fingerprint density at radius 2 is 2.44 bits per heavy atom. The molecule has 0 saturated carbocycles. The van der Waals surface area contributed by atoms with Gasteiger partial charge in [0.05, 0.1) is 11.5 Å². The monoisotopic (exact) mass is 287 g/mol. The number of nitrogens with two attached hydrogens (primary N) is 1. The Bertz CT molecular complexity index is 524. The molecular weight excluding hydrogens is 270 g/mol. The first-order valence-corrected chi connectivity index (χ1v) is 8.39. The fourth-order valence-corrected chi connectivity index (χ4v) is 4.64. The van der Waals surface area contributed by atoms with E-state index in [1.165, 1.54) is 11.3 Å². The third kappa shape index (κ3) is 3.30. The van der Waals surface area contributed by atoms with Crippen molar-refractivity contribution in [2.75, 3.05) is 23.8 Å². The van der Waals surface area contributed by atoms with Crippen molar-refractivity contribution in [3.63, 3.8) is 0 Å². The van der Waals surface area contributed by atoms with E-state index >= 15 is 0 Å². The number of rotatable bonds is 5. The number of sulfone groups is 1. The summed E-state index contributed by atoms with van der Waals surface area (Å²) in [6.07, 6.45) is 4.25. The van der Waals surface area contributed by atoms with E-state index in [-0.39, 0.29) is 17.5 Å². The molecule has 2 rings (SSSR count). The van der Waals surface area contributed by atoms with E-state index in [9.17, 15) is 8.42 Å². The van der Waals surface area contributed by atoms with Gasteiger partial charge in [-0.2, -0.15) is 0 Å². The summed E-state index contributed by atoms with van der Waals surface area (Å²) in [5.74, 6) is 0.533. The Labute approximate surface area is 111 Å². The SMILES string of the molecule is C=CCN(Cc1cnc(N)s1)C1CCS(=O)(=O)C1. The van der Waals surface area contributed by atoms with Gasteiger partial charge in [-0.05, 0) is 6.42 Å². The van der Waals surface area contributed by atoms with E-state index in [0.717, 1.165) is 4.88 Å². The van der Waals surface area contributed by atoms with Gasteiger partial charge >= 0.3 is 0 Å². The maximum atomic E-state index is 11.5. The highest BCUT2D eigenvalue weighted by Crippen LogP contribution is 2.22. The van der Waals surface area contributed by atoms with Gasteiger partial charge in [0, 0.05) is 30.2 Å². The molecule has 0 spiro atoms. The Kier molecular flexibility index (Phi) is 4.04. The van der Waals surface area contributed by atoms with Crippen LogP contribution < -0.4 is 5.73 Å². The van der Waals surface area contributed by atoms with Crippen LogP contribution in [-0.4, -0.2) is 42.4 Å². The molecular formula is C11H17N3O2S2. The van der Waals surface area contributed by atoms with Crippen LogP contribution in [0.4, 0.5) is 5.13 Å². The van der Waals surface area contributed by atoms with Crippen molar-refractivity contribution in [2.45, 2.75) is 19.0 Å². The summed E-state index contributed by atoms with van der Waals surface area (Å²) in [5.41, 5.74) is 5.60. The summed E-state index contributed by atoms with van der Waals surface area (Å²) in [6.45, 7) is 5.09. The third-order valence-corrected chi connectivity index (χ3v) is 5.58. The van der Waals surface area contributed by atoms with Gasteiger partial charge in [0.1, 0.15) is 0 Å². The first-order chi connectivity index (χ1) is 8.50. The van der Waals surface area contributed by atoms with Crippen LogP contribution in [0.1, 0.15) is 11.3 Å². The molecule has 2 heterocycles. The van der Waals surface area contributed by atoms with Gasteiger partial charge in [0.15, 0.2) is 15.0 Å². The lowest BCUT2D eigenvalue weighted by Gasteiger charge is -2.25. The normalized spacial score (nSPS) is 22.4. The van der Waals surface area contributed by atoms with Gasteiger partial charge in [-0.15, -0.1) is 17.9 Å². The summed E-state index contributed by atoms with van der Waals surface area (Å²) in [7, 11) is -2.86. The second-order valence-electron chi connectivity index (χ2n) is 4.44. The van der Waals surface area contributed by atoms with Gasteiger partial charge in [0.2, 0.25) is 0 Å². The van der Waals surface area contributed by atoms with E-state index in [1.807, 2.05) is 0 Å². The van der Waals surface area contributed by atoms with Crippen LogP contribution in [0, 0.1) is 0 Å². The van der Waals surface area contributed by atoms with Gasteiger partial charge in [-0.1, -0.05) is 6.08 Å². The molecule has 1 aromatic heterocycles. The van der Waals surface area contributed by atoms with E-state index in [0.29, 0.717) is 24.6 Å². The first kappa shape index (κ1) is 13.5. The lowest BCUT2D eigenvalue weighted by Crippen LogP contribution is -2.35. The van der Waals surface area contributed by atoms with Gasteiger partial charge in [-0.3, -0.25) is 4.90 Å². The van der Waals surface area contributed by atoms with Crippen molar-refractivity contribution >= 4 is 26.3 Å². The number of hydrogen-bond donors (Lipinski definition) is 1. The second kappa shape index (κ2) is 5.38. The summed E-state index contributed by atoms with van der Waals surface area (Å²) >= 11 is 1.44. The lowest BCUT2D eigenvalue weighted by atomic mass is 10.2. The highest BCUT2D eigenvalue weighted by Gasteiger charge is 2.31. The molecule has 1 aromatic rings. The van der Waals surface area contributed by atoms with E-state index < -0.39 is 9.84 Å². The summed E-state index contributed by atoms with van der Waals surface area (Å²) in [5, 5.41) is 0.544. The average molecular weight is 287 g/mol. The van der Waals surface area contributed by atoms with Crippen LogP contribution in [0.2, 0.25) is 0 Å². The fraction of sp³-hybridized carbons (Fsp3) is 0.545. The molecule has 0 aromatic carbocycles. The summed E-state index contributed by atoms with van der Waals surface area (Å²) in [6, 6.07) is 0.0799. The molecule has 1 fully saturated rings. The predicted molar refractivity (Wildman–Crippen MR) is 74.2 cm³/mol. The summed E-state index contributed by atoms with van der Waals surface area (Å²) in [4.78, 5) is 7.19. The molecule has 18 heavy (non-hydrogen) atoms. The van der Waals surface area contributed by atoms with E-state index in [4.69, 9.17) is 5.73 Å². The molecule has 1 aliphatic rings. The molecule has 1 unspecified atom stereocenters. The minimum absolute atomic E-state index is 0.0799. The Morgan fingerprint density at radius 1 is 1.67 bits per heavy atom. The molecule has 0 radical (unpaired) electrons. The number of hydrogen-bond acceptors (Lipinski definition) is 6. The largest absolute Gasteiger partial charge is 0.375 e. The van der Waals surface area contributed by atoms with Crippen molar-refractivity contribution in [3.05, 3.63) is 23.7 Å². The zero-order chi connectivity index (χ0) is 13.2. The number of thiazole rings is 1. The zero-order valence-electron chi connectivity index (χ0n) is 10.1. The first-order valence-electron chi connectivity index (χ1n) is 5.76. The Hall–Kier alpha value is -0.920. The van der Waals surface area contributed by atoms with Crippen molar-refractivity contribution in [1.29, 1.82) is 0 Å². The van der Waals surface area contributed by atoms with Crippen molar-refractivity contribution < 1.29 is 8.42 Å². The molecule has 0 amide bonds. The van der Waals surface area contributed by atoms with Gasteiger partial charge in [-0.25, -0.2) is 13.4 Å². The molecule has 0 aliphatic carbocycles. The van der Waals surface area contributed by atoms with Crippen molar-refractivity contribution in [1.82, 2.24) is 9.88 Å². The van der Waals surface area contributed by atoms with Crippen molar-refractivity contribution in [3.8, 4) is 0 Å². The van der Waals surface area contributed by atoms with Gasteiger partial charge in [0.25, 0.3) is 0 Å². The molecule has 100 valence electrons. The van der Waals surface area contributed by atoms with Crippen LogP contribution in [0.15, 0.2) is 18.9 Å². The third-order valence-electron chi connectivity index (χ3n) is 3.02. The van der Waals surface area contributed by atoms with Crippen molar-refractivity contribution in [2.24, 2.45) is 0 Å². The van der Waals surface area contributed by atoms with E-state index in [2.05, 4.69) is 16.5 Å². The number of aromatic nitrogens is 1.